The molecule has 3 N–H and O–H groups in total. The highest BCUT2D eigenvalue weighted by atomic mass is 35.5. The minimum absolute atomic E-state index is 0. The van der Waals surface area contributed by atoms with Gasteiger partial charge in [-0.1, -0.05) is 0 Å². The molecule has 0 heterocycles. The molecule has 0 aliphatic rings. The van der Waals surface area contributed by atoms with E-state index in [1.807, 2.05) is 0 Å². The van der Waals surface area contributed by atoms with Crippen molar-refractivity contribution in [3.05, 3.63) is 0 Å². The molecule has 9 heavy (non-hydrogen) atoms. The summed E-state index contributed by atoms with van der Waals surface area (Å²) in [4.78, 5) is 9.85. The molecule has 0 fully saturated rings. The van der Waals surface area contributed by atoms with Crippen molar-refractivity contribution in [3.8, 4) is 0 Å². The average Bonchev–Trinajstić information content (AvgIpc) is 1.61. The molecule has 4 heteroatoms. The zero-order valence-electron chi connectivity index (χ0n) is 5.33. The lowest BCUT2D eigenvalue weighted by Gasteiger charge is -1.98. The summed E-state index contributed by atoms with van der Waals surface area (Å²) >= 11 is 0. The highest BCUT2D eigenvalue weighted by Gasteiger charge is 1.98. The van der Waals surface area contributed by atoms with E-state index >= 15 is 0 Å². The van der Waals surface area contributed by atoms with E-state index in [1.165, 1.54) is 0 Å². The highest BCUT2D eigenvalue weighted by Crippen LogP contribution is 1.91. The van der Waals surface area contributed by atoms with E-state index in [9.17, 15) is 4.79 Å². The number of aliphatic carboxylic acids is 1. The number of carbonyl (C=O) groups is 1. The second-order valence-corrected chi connectivity index (χ2v) is 1.91. The van der Waals surface area contributed by atoms with Gasteiger partial charge in [0, 0.05) is 12.5 Å². The second kappa shape index (κ2) is 5.85. The first-order valence-corrected chi connectivity index (χ1v) is 2.60. The first kappa shape index (κ1) is 11.5. The summed E-state index contributed by atoms with van der Waals surface area (Å²) in [6.07, 6.45) is 0.743. The van der Waals surface area contributed by atoms with Crippen LogP contribution in [-0.4, -0.2) is 17.1 Å². The highest BCUT2D eigenvalue weighted by molar-refractivity contribution is 5.85. The van der Waals surface area contributed by atoms with E-state index in [4.69, 9.17) is 10.8 Å². The average molecular weight is 154 g/mol. The Morgan fingerprint density at radius 2 is 2.22 bits per heavy atom. The van der Waals surface area contributed by atoms with Gasteiger partial charge in [-0.15, -0.1) is 12.4 Å². The lowest BCUT2D eigenvalue weighted by Crippen LogP contribution is -2.15. The normalized spacial score (nSPS) is 11.8. The van der Waals surface area contributed by atoms with E-state index < -0.39 is 5.97 Å². The maximum Gasteiger partial charge on any atom is 0.303 e. The third-order valence-corrected chi connectivity index (χ3v) is 0.814. The molecule has 0 radical (unpaired) electrons. The SMILES string of the molecule is C[C@@H](N)CCC(=O)O.Cl. The summed E-state index contributed by atoms with van der Waals surface area (Å²) in [7, 11) is 0. The topological polar surface area (TPSA) is 63.3 Å². The Kier molecular flexibility index (Phi) is 7.48. The van der Waals surface area contributed by atoms with Gasteiger partial charge in [0.15, 0.2) is 0 Å². The lowest BCUT2D eigenvalue weighted by atomic mass is 10.2. The molecule has 0 aromatic rings. The van der Waals surface area contributed by atoms with Crippen molar-refractivity contribution in [1.29, 1.82) is 0 Å². The van der Waals surface area contributed by atoms with Crippen molar-refractivity contribution >= 4 is 18.4 Å². The molecule has 1 atom stereocenters. The summed E-state index contributed by atoms with van der Waals surface area (Å²) < 4.78 is 0. The molecule has 0 aliphatic carbocycles. The van der Waals surface area contributed by atoms with E-state index in [1.54, 1.807) is 6.92 Å². The monoisotopic (exact) mass is 153 g/mol. The molecule has 3 nitrogen and oxygen atoms in total. The molecule has 0 amide bonds. The Balaban J connectivity index is 0. The van der Waals surface area contributed by atoms with Gasteiger partial charge >= 0.3 is 5.97 Å². The standard InChI is InChI=1S/C5H11NO2.ClH/c1-4(6)2-3-5(7)8;/h4H,2-3,6H2,1H3,(H,7,8);1H/t4-;/m1./s1. The Morgan fingerprint density at radius 3 is 2.33 bits per heavy atom. The van der Waals surface area contributed by atoms with Gasteiger partial charge in [-0.25, -0.2) is 0 Å². The molecular formula is C5H12ClNO2. The fourth-order valence-electron chi connectivity index (χ4n) is 0.351. The van der Waals surface area contributed by atoms with Crippen LogP contribution in [0.2, 0.25) is 0 Å². The largest absolute Gasteiger partial charge is 0.481 e. The maximum atomic E-state index is 9.85. The molecule has 0 aromatic heterocycles. The van der Waals surface area contributed by atoms with E-state index in [-0.39, 0.29) is 24.9 Å². The van der Waals surface area contributed by atoms with Crippen LogP contribution in [0.25, 0.3) is 0 Å². The van der Waals surface area contributed by atoms with E-state index in [0.717, 1.165) is 0 Å². The minimum Gasteiger partial charge on any atom is -0.481 e. The molecule has 56 valence electrons. The first-order chi connectivity index (χ1) is 3.63. The summed E-state index contributed by atoms with van der Waals surface area (Å²) in [6, 6.07) is 0.00565. The zero-order chi connectivity index (χ0) is 6.57. The molecule has 0 saturated heterocycles. The lowest BCUT2D eigenvalue weighted by molar-refractivity contribution is -0.137. The molecular weight excluding hydrogens is 142 g/mol. The van der Waals surface area contributed by atoms with E-state index in [0.29, 0.717) is 6.42 Å². The maximum absolute atomic E-state index is 9.85. The van der Waals surface area contributed by atoms with Crippen molar-refractivity contribution in [2.75, 3.05) is 0 Å². The Hall–Kier alpha value is -0.280. The predicted octanol–water partition coefficient (Wildman–Crippen LogP) is 0.620. The van der Waals surface area contributed by atoms with Gasteiger partial charge in [-0.05, 0) is 13.3 Å². The number of hydrogen-bond acceptors (Lipinski definition) is 2. The Labute approximate surface area is 60.6 Å². The number of carboxylic acids is 1. The van der Waals surface area contributed by atoms with Crippen LogP contribution in [0, 0.1) is 0 Å². The van der Waals surface area contributed by atoms with Crippen LogP contribution >= 0.6 is 12.4 Å². The quantitative estimate of drug-likeness (QED) is 0.625. The summed E-state index contributed by atoms with van der Waals surface area (Å²) in [5.41, 5.74) is 5.28. The minimum atomic E-state index is -0.776. The van der Waals surface area contributed by atoms with Gasteiger partial charge < -0.3 is 10.8 Å². The van der Waals surface area contributed by atoms with Gasteiger partial charge in [-0.3, -0.25) is 4.79 Å². The fourth-order valence-corrected chi connectivity index (χ4v) is 0.351. The molecule has 0 rings (SSSR count). The summed E-state index contributed by atoms with van der Waals surface area (Å²) in [5.74, 6) is -0.776. The summed E-state index contributed by atoms with van der Waals surface area (Å²) in [5, 5.41) is 8.11. The molecule has 0 aliphatic heterocycles. The second-order valence-electron chi connectivity index (χ2n) is 1.91. The number of halogens is 1. The third kappa shape index (κ3) is 11.3. The van der Waals surface area contributed by atoms with Crippen LogP contribution in [0.5, 0.6) is 0 Å². The fraction of sp³-hybridized carbons (Fsp3) is 0.800. The zero-order valence-corrected chi connectivity index (χ0v) is 6.15. The molecule has 0 saturated carbocycles. The van der Waals surface area contributed by atoms with Crippen molar-refractivity contribution in [2.45, 2.75) is 25.8 Å². The van der Waals surface area contributed by atoms with Crippen molar-refractivity contribution in [1.82, 2.24) is 0 Å². The van der Waals surface area contributed by atoms with Crippen LogP contribution in [0.1, 0.15) is 19.8 Å². The Morgan fingerprint density at radius 1 is 1.78 bits per heavy atom. The molecule has 0 spiro atoms. The molecule has 0 aromatic carbocycles. The van der Waals surface area contributed by atoms with Crippen molar-refractivity contribution in [2.24, 2.45) is 5.73 Å². The van der Waals surface area contributed by atoms with Gasteiger partial charge in [0.1, 0.15) is 0 Å². The smallest absolute Gasteiger partial charge is 0.303 e. The van der Waals surface area contributed by atoms with Crippen molar-refractivity contribution in [3.63, 3.8) is 0 Å². The van der Waals surface area contributed by atoms with Crippen LogP contribution in [0.4, 0.5) is 0 Å². The predicted molar refractivity (Wildman–Crippen MR) is 37.8 cm³/mol. The van der Waals surface area contributed by atoms with Gasteiger partial charge in [0.25, 0.3) is 0 Å². The molecule has 0 bridgehead atoms. The van der Waals surface area contributed by atoms with Crippen LogP contribution in [0.3, 0.4) is 0 Å². The van der Waals surface area contributed by atoms with Crippen LogP contribution in [-0.2, 0) is 4.79 Å². The number of carboxylic acid groups (broad SMARTS) is 1. The Bertz CT molecular complexity index is 85.0. The van der Waals surface area contributed by atoms with Gasteiger partial charge in [0.05, 0.1) is 0 Å². The number of rotatable bonds is 3. The van der Waals surface area contributed by atoms with E-state index in [2.05, 4.69) is 0 Å². The molecule has 0 unspecified atom stereocenters. The number of nitrogens with two attached hydrogens (primary N) is 1. The van der Waals surface area contributed by atoms with Crippen LogP contribution < -0.4 is 5.73 Å². The van der Waals surface area contributed by atoms with Gasteiger partial charge in [0.2, 0.25) is 0 Å². The number of hydrogen-bond donors (Lipinski definition) is 2. The third-order valence-electron chi connectivity index (χ3n) is 0.814. The first-order valence-electron chi connectivity index (χ1n) is 2.60. The van der Waals surface area contributed by atoms with Crippen LogP contribution in [0.15, 0.2) is 0 Å². The van der Waals surface area contributed by atoms with Crippen molar-refractivity contribution < 1.29 is 9.90 Å². The summed E-state index contributed by atoms with van der Waals surface area (Å²) in [6.45, 7) is 1.79. The van der Waals surface area contributed by atoms with Gasteiger partial charge in [-0.2, -0.15) is 0 Å².